The van der Waals surface area contributed by atoms with Gasteiger partial charge in [-0.05, 0) is 43.0 Å². The number of furan rings is 1. The lowest BCUT2D eigenvalue weighted by atomic mass is 10.1. The van der Waals surface area contributed by atoms with Crippen LogP contribution in [0, 0.1) is 0 Å². The summed E-state index contributed by atoms with van der Waals surface area (Å²) in [5, 5.41) is 16.6. The number of β-amino-alcohol motifs (C(OH)–C–C–N with tert-alkyl or cyclic N) is 1. The molecule has 3 rings (SSSR count). The van der Waals surface area contributed by atoms with E-state index >= 15 is 0 Å². The Morgan fingerprint density at radius 2 is 2.00 bits per heavy atom. The standard InChI is InChI=1S/C24H36N4O3.HI/c1-2-30-15-6-12-25-24(26-13-10-23-9-5-16-31-23)27-17-20-7-3-4-8-21(20)18-28-14-11-22(29)19-28;/h3-5,7-9,16,22,29H,2,6,10-15,17-19H2,1H3,(H2,25,26,27);1H. The van der Waals surface area contributed by atoms with Gasteiger partial charge in [-0.1, -0.05) is 24.3 Å². The van der Waals surface area contributed by atoms with E-state index in [1.165, 1.54) is 11.1 Å². The van der Waals surface area contributed by atoms with Crippen LogP contribution in [0.3, 0.4) is 0 Å². The molecule has 2 heterocycles. The summed E-state index contributed by atoms with van der Waals surface area (Å²) >= 11 is 0. The van der Waals surface area contributed by atoms with Crippen LogP contribution in [0.5, 0.6) is 0 Å². The lowest BCUT2D eigenvalue weighted by Gasteiger charge is -2.17. The summed E-state index contributed by atoms with van der Waals surface area (Å²) in [6.45, 7) is 8.20. The molecule has 1 aromatic carbocycles. The van der Waals surface area contributed by atoms with Crippen molar-refractivity contribution in [1.82, 2.24) is 15.5 Å². The van der Waals surface area contributed by atoms with Crippen molar-refractivity contribution in [3.05, 3.63) is 59.5 Å². The first-order valence-corrected chi connectivity index (χ1v) is 11.3. The minimum Gasteiger partial charge on any atom is -0.469 e. The summed E-state index contributed by atoms with van der Waals surface area (Å²) in [4.78, 5) is 7.14. The summed E-state index contributed by atoms with van der Waals surface area (Å²) in [5.74, 6) is 1.76. The van der Waals surface area contributed by atoms with E-state index in [0.717, 1.165) is 76.9 Å². The van der Waals surface area contributed by atoms with Gasteiger partial charge < -0.3 is 24.9 Å². The van der Waals surface area contributed by atoms with Gasteiger partial charge in [-0.15, -0.1) is 24.0 Å². The Labute approximate surface area is 208 Å². The van der Waals surface area contributed by atoms with E-state index in [1.54, 1.807) is 6.26 Å². The molecule has 1 saturated heterocycles. The Morgan fingerprint density at radius 1 is 1.19 bits per heavy atom. The van der Waals surface area contributed by atoms with Crippen molar-refractivity contribution in [2.75, 3.05) is 39.4 Å². The molecule has 0 spiro atoms. The van der Waals surface area contributed by atoms with E-state index in [2.05, 4.69) is 39.8 Å². The highest BCUT2D eigenvalue weighted by Gasteiger charge is 2.20. The number of nitrogens with zero attached hydrogens (tertiary/aromatic N) is 2. The number of rotatable bonds is 12. The van der Waals surface area contributed by atoms with Crippen molar-refractivity contribution in [2.24, 2.45) is 4.99 Å². The maximum Gasteiger partial charge on any atom is 0.191 e. The van der Waals surface area contributed by atoms with Crippen LogP contribution in [0.25, 0.3) is 0 Å². The number of aliphatic imine (C=N–C) groups is 1. The molecule has 32 heavy (non-hydrogen) atoms. The molecule has 178 valence electrons. The van der Waals surface area contributed by atoms with Crippen LogP contribution >= 0.6 is 24.0 Å². The first-order chi connectivity index (χ1) is 15.2. The number of hydrogen-bond donors (Lipinski definition) is 3. The molecule has 0 saturated carbocycles. The monoisotopic (exact) mass is 556 g/mol. The van der Waals surface area contributed by atoms with E-state index in [9.17, 15) is 5.11 Å². The van der Waals surface area contributed by atoms with Crippen LogP contribution in [-0.2, 0) is 24.2 Å². The number of benzene rings is 1. The van der Waals surface area contributed by atoms with E-state index < -0.39 is 0 Å². The lowest BCUT2D eigenvalue weighted by Crippen LogP contribution is -2.39. The molecule has 0 aliphatic carbocycles. The van der Waals surface area contributed by atoms with Crippen molar-refractivity contribution in [3.63, 3.8) is 0 Å². The average Bonchev–Trinajstić information content (AvgIpc) is 3.44. The zero-order valence-corrected chi connectivity index (χ0v) is 21.3. The normalized spacial score (nSPS) is 16.7. The molecule has 1 aliphatic heterocycles. The predicted molar refractivity (Wildman–Crippen MR) is 138 cm³/mol. The Hall–Kier alpha value is -1.62. The van der Waals surface area contributed by atoms with Gasteiger partial charge in [-0.3, -0.25) is 4.90 Å². The highest BCUT2D eigenvalue weighted by atomic mass is 127. The SMILES string of the molecule is CCOCCCNC(=NCc1ccccc1CN1CCC(O)C1)NCCc1ccco1.I. The maximum atomic E-state index is 9.81. The largest absolute Gasteiger partial charge is 0.469 e. The molecule has 1 atom stereocenters. The predicted octanol–water partition coefficient (Wildman–Crippen LogP) is 3.17. The lowest BCUT2D eigenvalue weighted by molar-refractivity contribution is 0.145. The van der Waals surface area contributed by atoms with E-state index in [1.807, 2.05) is 19.1 Å². The fourth-order valence-electron chi connectivity index (χ4n) is 3.69. The number of ether oxygens (including phenoxy) is 1. The molecule has 0 amide bonds. The molecule has 3 N–H and O–H groups in total. The van der Waals surface area contributed by atoms with Gasteiger partial charge in [0.25, 0.3) is 0 Å². The van der Waals surface area contributed by atoms with Crippen LogP contribution < -0.4 is 10.6 Å². The van der Waals surface area contributed by atoms with Crippen LogP contribution in [0.2, 0.25) is 0 Å². The number of aliphatic hydroxyl groups is 1. The summed E-state index contributed by atoms with van der Waals surface area (Å²) < 4.78 is 10.8. The topological polar surface area (TPSA) is 82.3 Å². The Balaban J connectivity index is 0.00000363. The summed E-state index contributed by atoms with van der Waals surface area (Å²) in [5.41, 5.74) is 2.48. The van der Waals surface area contributed by atoms with Gasteiger partial charge >= 0.3 is 0 Å². The molecule has 8 heteroatoms. The van der Waals surface area contributed by atoms with Gasteiger partial charge in [0.1, 0.15) is 5.76 Å². The smallest absolute Gasteiger partial charge is 0.191 e. The van der Waals surface area contributed by atoms with Crippen LogP contribution in [0.15, 0.2) is 52.1 Å². The van der Waals surface area contributed by atoms with Crippen LogP contribution in [0.4, 0.5) is 0 Å². The van der Waals surface area contributed by atoms with Crippen molar-refractivity contribution >= 4 is 29.9 Å². The third kappa shape index (κ3) is 9.48. The zero-order chi connectivity index (χ0) is 21.7. The Morgan fingerprint density at radius 3 is 2.72 bits per heavy atom. The molecule has 0 radical (unpaired) electrons. The molecule has 7 nitrogen and oxygen atoms in total. The minimum atomic E-state index is -0.198. The Bertz CT molecular complexity index is 785. The average molecular weight is 556 g/mol. The Kier molecular flexibility index (Phi) is 12.7. The fourth-order valence-corrected chi connectivity index (χ4v) is 3.69. The molecule has 0 bridgehead atoms. The number of likely N-dealkylation sites (tertiary alicyclic amines) is 1. The van der Waals surface area contributed by atoms with E-state index in [-0.39, 0.29) is 30.1 Å². The molecule has 1 unspecified atom stereocenters. The third-order valence-corrected chi connectivity index (χ3v) is 5.37. The fraction of sp³-hybridized carbons (Fsp3) is 0.542. The van der Waals surface area contributed by atoms with E-state index in [4.69, 9.17) is 14.1 Å². The molecule has 2 aromatic rings. The van der Waals surface area contributed by atoms with Gasteiger partial charge in [0, 0.05) is 52.4 Å². The second-order valence-corrected chi connectivity index (χ2v) is 7.84. The number of nitrogens with one attached hydrogen (secondary N) is 2. The van der Waals surface area contributed by atoms with E-state index in [0.29, 0.717) is 6.54 Å². The van der Waals surface area contributed by atoms with Crippen molar-refractivity contribution in [2.45, 2.75) is 45.4 Å². The molecule has 1 fully saturated rings. The van der Waals surface area contributed by atoms with Gasteiger partial charge in [0.2, 0.25) is 0 Å². The maximum absolute atomic E-state index is 9.81. The van der Waals surface area contributed by atoms with Gasteiger partial charge in [0.05, 0.1) is 18.9 Å². The molecule has 1 aliphatic rings. The van der Waals surface area contributed by atoms with Gasteiger partial charge in [-0.2, -0.15) is 0 Å². The number of aliphatic hydroxyl groups excluding tert-OH is 1. The molecule has 1 aromatic heterocycles. The highest BCUT2D eigenvalue weighted by Crippen LogP contribution is 2.17. The third-order valence-electron chi connectivity index (χ3n) is 5.37. The highest BCUT2D eigenvalue weighted by molar-refractivity contribution is 14.0. The second kappa shape index (κ2) is 15.3. The first-order valence-electron chi connectivity index (χ1n) is 11.3. The van der Waals surface area contributed by atoms with Crippen LogP contribution in [-0.4, -0.2) is 61.5 Å². The van der Waals surface area contributed by atoms with Crippen LogP contribution in [0.1, 0.15) is 36.7 Å². The van der Waals surface area contributed by atoms with Gasteiger partial charge in [0.15, 0.2) is 5.96 Å². The number of halogens is 1. The number of guanidine groups is 1. The van der Waals surface area contributed by atoms with Gasteiger partial charge in [-0.25, -0.2) is 4.99 Å². The van der Waals surface area contributed by atoms with Crippen molar-refractivity contribution in [3.8, 4) is 0 Å². The summed E-state index contributed by atoms with van der Waals surface area (Å²) in [6, 6.07) is 12.3. The molecular formula is C24H37IN4O3. The second-order valence-electron chi connectivity index (χ2n) is 7.84. The zero-order valence-electron chi connectivity index (χ0n) is 19.0. The number of hydrogen-bond acceptors (Lipinski definition) is 5. The minimum absolute atomic E-state index is 0. The summed E-state index contributed by atoms with van der Waals surface area (Å²) in [6.07, 6.45) is 4.10. The summed E-state index contributed by atoms with van der Waals surface area (Å²) in [7, 11) is 0. The quantitative estimate of drug-likeness (QED) is 0.161. The first kappa shape index (κ1) is 26.6. The van der Waals surface area contributed by atoms with Crippen molar-refractivity contribution < 1.29 is 14.3 Å². The van der Waals surface area contributed by atoms with Crippen molar-refractivity contribution in [1.29, 1.82) is 0 Å². The molecular weight excluding hydrogens is 519 g/mol.